The SMILES string of the molecule is Cc1cc(NC(CC(C)C)C(=O)O)cc(C#N)n1. The second-order valence-electron chi connectivity index (χ2n) is 4.66. The van der Waals surface area contributed by atoms with Crippen LogP contribution in [0, 0.1) is 24.2 Å². The smallest absolute Gasteiger partial charge is 0.326 e. The van der Waals surface area contributed by atoms with E-state index in [9.17, 15) is 4.79 Å². The Morgan fingerprint density at radius 1 is 1.56 bits per heavy atom. The zero-order valence-electron chi connectivity index (χ0n) is 10.8. The van der Waals surface area contributed by atoms with E-state index < -0.39 is 12.0 Å². The molecule has 1 atom stereocenters. The molecule has 5 nitrogen and oxygen atoms in total. The van der Waals surface area contributed by atoms with Gasteiger partial charge in [0, 0.05) is 11.4 Å². The first-order valence-electron chi connectivity index (χ1n) is 5.80. The monoisotopic (exact) mass is 247 g/mol. The number of carbonyl (C=O) groups is 1. The number of hydrogen-bond donors (Lipinski definition) is 2. The topological polar surface area (TPSA) is 86.0 Å². The Morgan fingerprint density at radius 2 is 2.22 bits per heavy atom. The molecule has 0 aliphatic carbocycles. The quantitative estimate of drug-likeness (QED) is 0.832. The normalized spacial score (nSPS) is 11.9. The number of nitrogens with one attached hydrogen (secondary N) is 1. The Morgan fingerprint density at radius 3 is 2.72 bits per heavy atom. The summed E-state index contributed by atoms with van der Waals surface area (Å²) in [5, 5.41) is 20.9. The van der Waals surface area contributed by atoms with Crippen molar-refractivity contribution in [2.24, 2.45) is 5.92 Å². The Bertz CT molecular complexity index is 478. The molecule has 1 heterocycles. The molecule has 0 fully saturated rings. The lowest BCUT2D eigenvalue weighted by Crippen LogP contribution is -2.30. The Balaban J connectivity index is 2.90. The predicted octanol–water partition coefficient (Wildman–Crippen LogP) is 2.17. The molecule has 2 N–H and O–H groups in total. The molecule has 5 heteroatoms. The average Bonchev–Trinajstić information content (AvgIpc) is 2.26. The van der Waals surface area contributed by atoms with Gasteiger partial charge in [-0.3, -0.25) is 0 Å². The number of aromatic nitrogens is 1. The lowest BCUT2D eigenvalue weighted by molar-refractivity contribution is -0.138. The van der Waals surface area contributed by atoms with Crippen LogP contribution < -0.4 is 5.32 Å². The van der Waals surface area contributed by atoms with Crippen molar-refractivity contribution in [3.05, 3.63) is 23.5 Å². The number of aryl methyl sites for hydroxylation is 1. The van der Waals surface area contributed by atoms with Gasteiger partial charge in [-0.1, -0.05) is 13.8 Å². The summed E-state index contributed by atoms with van der Waals surface area (Å²) in [6.45, 7) is 5.70. The zero-order valence-corrected chi connectivity index (χ0v) is 10.8. The molecule has 0 saturated heterocycles. The lowest BCUT2D eigenvalue weighted by atomic mass is 10.0. The van der Waals surface area contributed by atoms with Crippen molar-refractivity contribution in [2.75, 3.05) is 5.32 Å². The molecule has 0 aliphatic rings. The van der Waals surface area contributed by atoms with Gasteiger partial charge in [0.15, 0.2) is 0 Å². The lowest BCUT2D eigenvalue weighted by Gasteiger charge is -2.17. The third-order valence-corrected chi connectivity index (χ3v) is 2.41. The van der Waals surface area contributed by atoms with Gasteiger partial charge in [-0.25, -0.2) is 9.78 Å². The number of carboxylic acids is 1. The van der Waals surface area contributed by atoms with Gasteiger partial charge >= 0.3 is 5.97 Å². The fraction of sp³-hybridized carbons (Fsp3) is 0.462. The van der Waals surface area contributed by atoms with E-state index >= 15 is 0 Å². The minimum absolute atomic E-state index is 0.275. The van der Waals surface area contributed by atoms with Crippen LogP contribution in [0.5, 0.6) is 0 Å². The molecule has 1 rings (SSSR count). The highest BCUT2D eigenvalue weighted by molar-refractivity contribution is 5.77. The van der Waals surface area contributed by atoms with Gasteiger partial charge in [-0.2, -0.15) is 5.26 Å². The van der Waals surface area contributed by atoms with Crippen LogP contribution >= 0.6 is 0 Å². The van der Waals surface area contributed by atoms with Crippen molar-refractivity contribution < 1.29 is 9.90 Å². The molecule has 0 spiro atoms. The predicted molar refractivity (Wildman–Crippen MR) is 68.2 cm³/mol. The van der Waals surface area contributed by atoms with Crippen molar-refractivity contribution in [2.45, 2.75) is 33.2 Å². The van der Waals surface area contributed by atoms with E-state index in [0.717, 1.165) is 0 Å². The number of hydrogen-bond acceptors (Lipinski definition) is 4. The highest BCUT2D eigenvalue weighted by Crippen LogP contribution is 2.15. The first kappa shape index (κ1) is 14.0. The summed E-state index contributed by atoms with van der Waals surface area (Å²) in [6.07, 6.45) is 0.526. The minimum atomic E-state index is -0.892. The Labute approximate surface area is 106 Å². The molecule has 96 valence electrons. The van der Waals surface area contributed by atoms with Crippen LogP contribution in [0.1, 0.15) is 31.7 Å². The minimum Gasteiger partial charge on any atom is -0.480 e. The molecular weight excluding hydrogens is 230 g/mol. The number of pyridine rings is 1. The van der Waals surface area contributed by atoms with Gasteiger partial charge < -0.3 is 10.4 Å². The molecular formula is C13H17N3O2. The van der Waals surface area contributed by atoms with E-state index in [1.54, 1.807) is 19.1 Å². The number of nitriles is 1. The summed E-state index contributed by atoms with van der Waals surface area (Å²) >= 11 is 0. The van der Waals surface area contributed by atoms with Gasteiger partial charge in [0.2, 0.25) is 0 Å². The van der Waals surface area contributed by atoms with Crippen LogP contribution in [0.3, 0.4) is 0 Å². The number of nitrogens with zero attached hydrogens (tertiary/aromatic N) is 2. The van der Waals surface area contributed by atoms with Gasteiger partial charge in [0.05, 0.1) is 0 Å². The average molecular weight is 247 g/mol. The fourth-order valence-electron chi connectivity index (χ4n) is 1.70. The Hall–Kier alpha value is -2.09. The summed E-state index contributed by atoms with van der Waals surface area (Å²) < 4.78 is 0. The van der Waals surface area contributed by atoms with E-state index in [2.05, 4.69) is 10.3 Å². The van der Waals surface area contributed by atoms with Crippen molar-refractivity contribution in [3.8, 4) is 6.07 Å². The molecule has 0 bridgehead atoms. The van der Waals surface area contributed by atoms with Gasteiger partial charge in [-0.05, 0) is 31.4 Å². The van der Waals surface area contributed by atoms with Crippen molar-refractivity contribution in [3.63, 3.8) is 0 Å². The summed E-state index contributed by atoms with van der Waals surface area (Å²) in [5.41, 5.74) is 1.59. The number of rotatable bonds is 5. The maximum Gasteiger partial charge on any atom is 0.326 e. The second-order valence-corrected chi connectivity index (χ2v) is 4.66. The van der Waals surface area contributed by atoms with Crippen LogP contribution in [-0.4, -0.2) is 22.1 Å². The van der Waals surface area contributed by atoms with Crippen LogP contribution in [0.15, 0.2) is 12.1 Å². The van der Waals surface area contributed by atoms with Crippen LogP contribution in [0.2, 0.25) is 0 Å². The molecule has 1 aromatic rings. The van der Waals surface area contributed by atoms with Gasteiger partial charge in [0.1, 0.15) is 17.8 Å². The van der Waals surface area contributed by atoms with Crippen molar-refractivity contribution in [1.29, 1.82) is 5.26 Å². The number of aliphatic carboxylic acids is 1. The van der Waals surface area contributed by atoms with E-state index in [-0.39, 0.29) is 11.6 Å². The maximum absolute atomic E-state index is 11.1. The largest absolute Gasteiger partial charge is 0.480 e. The molecule has 0 amide bonds. The van der Waals surface area contributed by atoms with E-state index in [4.69, 9.17) is 10.4 Å². The first-order chi connectivity index (χ1) is 8.42. The molecule has 1 unspecified atom stereocenters. The summed E-state index contributed by atoms with van der Waals surface area (Å²) in [5.74, 6) is -0.617. The van der Waals surface area contributed by atoms with Crippen molar-refractivity contribution in [1.82, 2.24) is 4.98 Å². The van der Waals surface area contributed by atoms with E-state index in [1.807, 2.05) is 19.9 Å². The molecule has 1 aromatic heterocycles. The highest BCUT2D eigenvalue weighted by atomic mass is 16.4. The van der Waals surface area contributed by atoms with E-state index in [1.165, 1.54) is 0 Å². The molecule has 18 heavy (non-hydrogen) atoms. The molecule has 0 aromatic carbocycles. The van der Waals surface area contributed by atoms with Gasteiger partial charge in [0.25, 0.3) is 0 Å². The fourth-order valence-corrected chi connectivity index (χ4v) is 1.70. The third kappa shape index (κ3) is 4.06. The number of carboxylic acid groups (broad SMARTS) is 1. The second kappa shape index (κ2) is 6.01. The summed E-state index contributed by atoms with van der Waals surface area (Å²) in [6, 6.07) is 4.59. The van der Waals surface area contributed by atoms with Crippen LogP contribution in [-0.2, 0) is 4.79 Å². The van der Waals surface area contributed by atoms with Crippen LogP contribution in [0.4, 0.5) is 5.69 Å². The standard InChI is InChI=1S/C13H17N3O2/c1-8(2)4-12(13(17)18)16-10-5-9(3)15-11(6-10)7-14/h5-6,8,12H,4H2,1-3H3,(H,15,16)(H,17,18). The summed E-state index contributed by atoms with van der Waals surface area (Å²) in [7, 11) is 0. The third-order valence-electron chi connectivity index (χ3n) is 2.41. The summed E-state index contributed by atoms with van der Waals surface area (Å²) in [4.78, 5) is 15.2. The van der Waals surface area contributed by atoms with E-state index in [0.29, 0.717) is 17.8 Å². The number of anilines is 1. The van der Waals surface area contributed by atoms with Crippen LogP contribution in [0.25, 0.3) is 0 Å². The zero-order chi connectivity index (χ0) is 13.7. The first-order valence-corrected chi connectivity index (χ1v) is 5.80. The van der Waals surface area contributed by atoms with Crippen molar-refractivity contribution >= 4 is 11.7 Å². The highest BCUT2D eigenvalue weighted by Gasteiger charge is 2.18. The van der Waals surface area contributed by atoms with Gasteiger partial charge in [-0.15, -0.1) is 0 Å². The molecule has 0 radical (unpaired) electrons. The Kier molecular flexibility index (Phi) is 4.67. The molecule has 0 aliphatic heterocycles. The maximum atomic E-state index is 11.1. The molecule has 0 saturated carbocycles.